The van der Waals surface area contributed by atoms with E-state index in [9.17, 15) is 19.2 Å². The van der Waals surface area contributed by atoms with Gasteiger partial charge in [0.2, 0.25) is 0 Å². The van der Waals surface area contributed by atoms with Crippen LogP contribution in [0.2, 0.25) is 0 Å². The highest BCUT2D eigenvalue weighted by Gasteiger charge is 2.27. The average molecular weight is 571 g/mol. The highest BCUT2D eigenvalue weighted by atomic mass is 16.6. The third-order valence-corrected chi connectivity index (χ3v) is 5.68. The normalized spacial score (nSPS) is 12.1. The fourth-order valence-electron chi connectivity index (χ4n) is 3.78. The van der Waals surface area contributed by atoms with Gasteiger partial charge in [0.25, 0.3) is 0 Å². The van der Waals surface area contributed by atoms with Crippen LogP contribution in [0.1, 0.15) is 69.4 Å². The minimum atomic E-state index is -1.07. The van der Waals surface area contributed by atoms with Crippen molar-refractivity contribution in [1.82, 2.24) is 4.90 Å². The molecule has 0 aliphatic rings. The number of amides is 1. The monoisotopic (exact) mass is 570 g/mol. The number of methoxy groups -OCH3 is 2. The standard InChI is InChI=1S/C31H42N2O8/c1-30(2,3)40-27(35)22-14-15-24(32-25(28(36)39-8)19-26(34)38-7)23(18-22)20-33(29(37)41-31(4,5)6)17-16-21-12-10-9-11-13-21/h9-15,18,25,32H,16-17,19-20H2,1-8H3. The van der Waals surface area contributed by atoms with Gasteiger partial charge < -0.3 is 29.2 Å². The van der Waals surface area contributed by atoms with Crippen LogP contribution in [0, 0.1) is 0 Å². The lowest BCUT2D eigenvalue weighted by Gasteiger charge is -2.29. The van der Waals surface area contributed by atoms with Crippen LogP contribution in [-0.4, -0.2) is 66.9 Å². The minimum absolute atomic E-state index is 0.0346. The Balaban J connectivity index is 2.52. The van der Waals surface area contributed by atoms with Gasteiger partial charge in [0, 0.05) is 12.2 Å². The molecule has 0 bridgehead atoms. The van der Waals surface area contributed by atoms with E-state index in [1.165, 1.54) is 19.1 Å². The van der Waals surface area contributed by atoms with Gasteiger partial charge in [-0.1, -0.05) is 30.3 Å². The Kier molecular flexibility index (Phi) is 11.7. The summed E-state index contributed by atoms with van der Waals surface area (Å²) in [7, 11) is 2.44. The topological polar surface area (TPSA) is 120 Å². The van der Waals surface area contributed by atoms with Crippen LogP contribution in [0.25, 0.3) is 0 Å². The average Bonchev–Trinajstić information content (AvgIpc) is 2.89. The van der Waals surface area contributed by atoms with Crippen molar-refractivity contribution in [1.29, 1.82) is 0 Å². The number of esters is 3. The van der Waals surface area contributed by atoms with Gasteiger partial charge in [-0.05, 0) is 77.3 Å². The van der Waals surface area contributed by atoms with E-state index in [1.54, 1.807) is 59.7 Å². The molecule has 41 heavy (non-hydrogen) atoms. The number of nitrogens with one attached hydrogen (secondary N) is 1. The minimum Gasteiger partial charge on any atom is -0.469 e. The Labute approximate surface area is 242 Å². The summed E-state index contributed by atoms with van der Waals surface area (Å²) < 4.78 is 20.9. The number of hydrogen-bond acceptors (Lipinski definition) is 9. The lowest BCUT2D eigenvalue weighted by molar-refractivity contribution is -0.148. The van der Waals surface area contributed by atoms with Crippen LogP contribution in [0.4, 0.5) is 10.5 Å². The first-order valence-corrected chi connectivity index (χ1v) is 13.4. The molecule has 10 nitrogen and oxygen atoms in total. The van der Waals surface area contributed by atoms with Gasteiger partial charge in [-0.25, -0.2) is 14.4 Å². The van der Waals surface area contributed by atoms with Gasteiger partial charge in [-0.15, -0.1) is 0 Å². The summed E-state index contributed by atoms with van der Waals surface area (Å²) in [4.78, 5) is 52.3. The van der Waals surface area contributed by atoms with Crippen molar-refractivity contribution in [3.8, 4) is 0 Å². The molecule has 1 amide bonds. The first kappa shape index (κ1) is 33.1. The first-order chi connectivity index (χ1) is 19.1. The van der Waals surface area contributed by atoms with E-state index >= 15 is 0 Å². The second kappa shape index (κ2) is 14.5. The van der Waals surface area contributed by atoms with Crippen molar-refractivity contribution >= 4 is 29.7 Å². The van der Waals surface area contributed by atoms with Gasteiger partial charge in [-0.2, -0.15) is 0 Å². The Morgan fingerprint density at radius 3 is 2.05 bits per heavy atom. The van der Waals surface area contributed by atoms with E-state index in [0.717, 1.165) is 5.56 Å². The molecule has 2 aromatic rings. The quantitative estimate of drug-likeness (QED) is 0.289. The van der Waals surface area contributed by atoms with Crippen molar-refractivity contribution in [3.05, 3.63) is 65.2 Å². The molecule has 0 aliphatic heterocycles. The largest absolute Gasteiger partial charge is 0.469 e. The van der Waals surface area contributed by atoms with Gasteiger partial charge in [0.1, 0.15) is 17.2 Å². The third-order valence-electron chi connectivity index (χ3n) is 5.68. The number of ether oxygens (including phenoxy) is 4. The molecule has 1 unspecified atom stereocenters. The molecule has 0 radical (unpaired) electrons. The molecule has 224 valence electrons. The van der Waals surface area contributed by atoms with Crippen molar-refractivity contribution in [2.24, 2.45) is 0 Å². The van der Waals surface area contributed by atoms with Crippen LogP contribution in [0.3, 0.4) is 0 Å². The summed E-state index contributed by atoms with van der Waals surface area (Å²) in [6.07, 6.45) is -0.275. The number of carbonyl (C=O) groups excluding carboxylic acids is 4. The van der Waals surface area contributed by atoms with Crippen molar-refractivity contribution in [3.63, 3.8) is 0 Å². The molecule has 0 spiro atoms. The van der Waals surface area contributed by atoms with Gasteiger partial charge in [0.05, 0.1) is 32.7 Å². The van der Waals surface area contributed by atoms with Crippen molar-refractivity contribution < 1.29 is 38.1 Å². The maximum Gasteiger partial charge on any atom is 0.410 e. The van der Waals surface area contributed by atoms with E-state index in [-0.39, 0.29) is 18.5 Å². The Bertz CT molecular complexity index is 1200. The molecule has 1 atom stereocenters. The smallest absolute Gasteiger partial charge is 0.410 e. The lowest BCUT2D eigenvalue weighted by atomic mass is 10.0. The number of nitrogens with zero attached hydrogens (tertiary/aromatic N) is 1. The zero-order chi connectivity index (χ0) is 30.8. The Morgan fingerprint density at radius 2 is 1.49 bits per heavy atom. The van der Waals surface area contributed by atoms with Gasteiger partial charge in [-0.3, -0.25) is 4.79 Å². The second-order valence-corrected chi connectivity index (χ2v) is 11.5. The molecule has 2 rings (SSSR count). The summed E-state index contributed by atoms with van der Waals surface area (Å²) in [6, 6.07) is 13.4. The molecule has 0 fully saturated rings. The van der Waals surface area contributed by atoms with Crippen LogP contribution >= 0.6 is 0 Å². The molecule has 0 saturated heterocycles. The van der Waals surface area contributed by atoms with Gasteiger partial charge in [0.15, 0.2) is 0 Å². The molecular formula is C31H42N2O8. The number of carbonyl (C=O) groups is 4. The third kappa shape index (κ3) is 11.5. The van der Waals surface area contributed by atoms with E-state index < -0.39 is 41.2 Å². The maximum atomic E-state index is 13.3. The fourth-order valence-corrected chi connectivity index (χ4v) is 3.78. The first-order valence-electron chi connectivity index (χ1n) is 13.4. The highest BCUT2D eigenvalue weighted by Crippen LogP contribution is 2.25. The van der Waals surface area contributed by atoms with Crippen LogP contribution in [0.5, 0.6) is 0 Å². The summed E-state index contributed by atoms with van der Waals surface area (Å²) in [5.74, 6) is -1.83. The molecule has 10 heteroatoms. The van der Waals surface area contributed by atoms with Crippen LogP contribution in [0.15, 0.2) is 48.5 Å². The number of benzene rings is 2. The molecule has 0 aliphatic carbocycles. The second-order valence-electron chi connectivity index (χ2n) is 11.5. The zero-order valence-corrected chi connectivity index (χ0v) is 25.2. The molecule has 2 aromatic carbocycles. The predicted molar refractivity (Wildman–Crippen MR) is 154 cm³/mol. The number of anilines is 1. The fraction of sp³-hybridized carbons (Fsp3) is 0.484. The number of hydrogen-bond donors (Lipinski definition) is 1. The maximum absolute atomic E-state index is 13.3. The summed E-state index contributed by atoms with van der Waals surface area (Å²) in [6.45, 7) is 11.0. The van der Waals surface area contributed by atoms with E-state index in [1.807, 2.05) is 30.3 Å². The van der Waals surface area contributed by atoms with Crippen molar-refractivity contribution in [2.75, 3.05) is 26.1 Å². The molecule has 0 aromatic heterocycles. The summed E-state index contributed by atoms with van der Waals surface area (Å²) in [5, 5.41) is 3.04. The zero-order valence-electron chi connectivity index (χ0n) is 25.2. The SMILES string of the molecule is COC(=O)CC(Nc1ccc(C(=O)OC(C)(C)C)cc1CN(CCc1ccccc1)C(=O)OC(C)(C)C)C(=O)OC. The Morgan fingerprint density at radius 1 is 0.854 bits per heavy atom. The van der Waals surface area contributed by atoms with Crippen molar-refractivity contribution in [2.45, 2.75) is 78.2 Å². The van der Waals surface area contributed by atoms with E-state index in [4.69, 9.17) is 18.9 Å². The highest BCUT2D eigenvalue weighted by molar-refractivity contribution is 5.91. The summed E-state index contributed by atoms with van der Waals surface area (Å²) in [5.41, 5.74) is 0.762. The lowest BCUT2D eigenvalue weighted by Crippen LogP contribution is -2.38. The van der Waals surface area contributed by atoms with Crippen LogP contribution < -0.4 is 5.32 Å². The molecular weight excluding hydrogens is 528 g/mol. The van der Waals surface area contributed by atoms with E-state index in [0.29, 0.717) is 24.2 Å². The summed E-state index contributed by atoms with van der Waals surface area (Å²) >= 11 is 0. The van der Waals surface area contributed by atoms with Gasteiger partial charge >= 0.3 is 24.0 Å². The molecule has 0 saturated carbocycles. The molecule has 0 heterocycles. The predicted octanol–water partition coefficient (Wildman–Crippen LogP) is 5.14. The van der Waals surface area contributed by atoms with E-state index in [2.05, 4.69) is 5.32 Å². The van der Waals surface area contributed by atoms with Crippen LogP contribution in [-0.2, 0) is 41.5 Å². The number of rotatable bonds is 11. The Hall–Kier alpha value is -4.08. The molecule has 1 N–H and O–H groups in total.